The van der Waals surface area contributed by atoms with Crippen LogP contribution in [0.1, 0.15) is 31.0 Å². The molecular formula is C15H22N4O2. The van der Waals surface area contributed by atoms with Crippen LogP contribution in [0.5, 0.6) is 5.88 Å². The maximum Gasteiger partial charge on any atom is 0.222 e. The first-order valence-corrected chi connectivity index (χ1v) is 7.73. The van der Waals surface area contributed by atoms with Crippen molar-refractivity contribution < 1.29 is 9.53 Å². The molecule has 1 aromatic rings. The molecule has 0 radical (unpaired) electrons. The van der Waals surface area contributed by atoms with E-state index in [0.717, 1.165) is 56.8 Å². The van der Waals surface area contributed by atoms with Crippen molar-refractivity contribution in [1.82, 2.24) is 19.8 Å². The van der Waals surface area contributed by atoms with Crippen molar-refractivity contribution in [3.05, 3.63) is 17.6 Å². The molecule has 0 bridgehead atoms. The number of fused-ring (bicyclic) bond motifs is 1. The first kappa shape index (κ1) is 14.3. The summed E-state index contributed by atoms with van der Waals surface area (Å²) in [7, 11) is 0. The van der Waals surface area contributed by atoms with E-state index >= 15 is 0 Å². The molecule has 6 heteroatoms. The molecule has 114 valence electrons. The van der Waals surface area contributed by atoms with Crippen LogP contribution < -0.4 is 4.74 Å². The summed E-state index contributed by atoms with van der Waals surface area (Å²) in [6.45, 7) is 7.03. The van der Waals surface area contributed by atoms with Gasteiger partial charge in [-0.2, -0.15) is 0 Å². The Bertz CT molecular complexity index is 520. The normalized spacial score (nSPS) is 18.9. The van der Waals surface area contributed by atoms with Crippen molar-refractivity contribution >= 4 is 5.91 Å². The van der Waals surface area contributed by atoms with E-state index in [9.17, 15) is 4.79 Å². The Labute approximate surface area is 125 Å². The molecule has 3 heterocycles. The topological polar surface area (TPSA) is 58.6 Å². The van der Waals surface area contributed by atoms with Gasteiger partial charge in [-0.05, 0) is 13.3 Å². The van der Waals surface area contributed by atoms with Gasteiger partial charge in [-0.15, -0.1) is 0 Å². The molecule has 0 saturated carbocycles. The highest BCUT2D eigenvalue weighted by Crippen LogP contribution is 2.24. The molecule has 0 unspecified atom stereocenters. The Hall–Kier alpha value is -1.69. The number of amides is 1. The van der Waals surface area contributed by atoms with E-state index in [1.54, 1.807) is 6.33 Å². The molecule has 0 aromatic carbocycles. The predicted molar refractivity (Wildman–Crippen MR) is 78.0 cm³/mol. The summed E-state index contributed by atoms with van der Waals surface area (Å²) in [6.07, 6.45) is 4.23. The third-order valence-electron chi connectivity index (χ3n) is 4.18. The average molecular weight is 290 g/mol. The van der Waals surface area contributed by atoms with Crippen molar-refractivity contribution in [2.75, 3.05) is 32.8 Å². The average Bonchev–Trinajstić information content (AvgIpc) is 2.91. The van der Waals surface area contributed by atoms with Gasteiger partial charge in [0, 0.05) is 51.1 Å². The van der Waals surface area contributed by atoms with Gasteiger partial charge >= 0.3 is 0 Å². The fraction of sp³-hybridized carbons (Fsp3) is 0.667. The zero-order chi connectivity index (χ0) is 14.7. The highest BCUT2D eigenvalue weighted by Gasteiger charge is 2.24. The van der Waals surface area contributed by atoms with Crippen molar-refractivity contribution in [3.63, 3.8) is 0 Å². The van der Waals surface area contributed by atoms with E-state index in [-0.39, 0.29) is 0 Å². The van der Waals surface area contributed by atoms with Crippen LogP contribution in [0, 0.1) is 0 Å². The molecule has 0 atom stereocenters. The summed E-state index contributed by atoms with van der Waals surface area (Å²) in [5.41, 5.74) is 2.21. The van der Waals surface area contributed by atoms with Crippen molar-refractivity contribution in [2.24, 2.45) is 0 Å². The van der Waals surface area contributed by atoms with Gasteiger partial charge in [0.25, 0.3) is 0 Å². The second-order valence-electron chi connectivity index (χ2n) is 5.55. The summed E-state index contributed by atoms with van der Waals surface area (Å²) in [5, 5.41) is 0. The largest absolute Gasteiger partial charge is 0.478 e. The van der Waals surface area contributed by atoms with Crippen LogP contribution in [0.25, 0.3) is 0 Å². The van der Waals surface area contributed by atoms with E-state index in [1.165, 1.54) is 0 Å². The van der Waals surface area contributed by atoms with Crippen LogP contribution >= 0.6 is 0 Å². The minimum absolute atomic E-state index is 0.297. The van der Waals surface area contributed by atoms with Crippen LogP contribution in [0.15, 0.2) is 6.33 Å². The number of aromatic nitrogens is 2. The third-order valence-corrected chi connectivity index (χ3v) is 4.18. The monoisotopic (exact) mass is 290 g/mol. The Morgan fingerprint density at radius 1 is 1.24 bits per heavy atom. The number of nitrogens with zero attached hydrogens (tertiary/aromatic N) is 4. The Morgan fingerprint density at radius 3 is 2.90 bits per heavy atom. The van der Waals surface area contributed by atoms with E-state index in [1.807, 2.05) is 11.8 Å². The molecule has 3 rings (SSSR count). The number of carbonyl (C=O) groups excluding carboxylic acids is 1. The van der Waals surface area contributed by atoms with Crippen LogP contribution in [-0.4, -0.2) is 58.5 Å². The quantitative estimate of drug-likeness (QED) is 0.805. The van der Waals surface area contributed by atoms with Gasteiger partial charge in [0.2, 0.25) is 11.8 Å². The molecule has 1 fully saturated rings. The second-order valence-corrected chi connectivity index (χ2v) is 5.55. The lowest BCUT2D eigenvalue weighted by Crippen LogP contribution is -2.38. The van der Waals surface area contributed by atoms with Gasteiger partial charge in [0.05, 0.1) is 12.3 Å². The number of likely N-dealkylation sites (tertiary alicyclic amines) is 1. The molecule has 0 spiro atoms. The lowest BCUT2D eigenvalue weighted by molar-refractivity contribution is -0.127. The SMILES string of the molecule is CCOc1ncnc2c1CN(CCN1CCCC1=O)CC2. The number of hydrogen-bond acceptors (Lipinski definition) is 5. The Kier molecular flexibility index (Phi) is 4.34. The molecule has 6 nitrogen and oxygen atoms in total. The van der Waals surface area contributed by atoms with Crippen molar-refractivity contribution in [3.8, 4) is 5.88 Å². The zero-order valence-corrected chi connectivity index (χ0v) is 12.5. The van der Waals surface area contributed by atoms with Gasteiger partial charge < -0.3 is 9.64 Å². The first-order valence-electron chi connectivity index (χ1n) is 7.73. The van der Waals surface area contributed by atoms with Crippen LogP contribution in [0.2, 0.25) is 0 Å². The van der Waals surface area contributed by atoms with Crippen LogP contribution in [0.3, 0.4) is 0 Å². The maximum absolute atomic E-state index is 11.7. The molecule has 1 amide bonds. The summed E-state index contributed by atoms with van der Waals surface area (Å²) in [4.78, 5) is 24.6. The minimum atomic E-state index is 0.297. The van der Waals surface area contributed by atoms with Gasteiger partial charge in [-0.3, -0.25) is 9.69 Å². The van der Waals surface area contributed by atoms with E-state index in [0.29, 0.717) is 24.8 Å². The molecule has 0 aliphatic carbocycles. The van der Waals surface area contributed by atoms with Gasteiger partial charge in [0.1, 0.15) is 6.33 Å². The van der Waals surface area contributed by atoms with E-state index in [2.05, 4.69) is 14.9 Å². The van der Waals surface area contributed by atoms with Crippen LogP contribution in [-0.2, 0) is 17.8 Å². The Morgan fingerprint density at radius 2 is 2.14 bits per heavy atom. The molecule has 21 heavy (non-hydrogen) atoms. The smallest absolute Gasteiger partial charge is 0.222 e. The number of hydrogen-bond donors (Lipinski definition) is 0. The molecular weight excluding hydrogens is 268 g/mol. The van der Waals surface area contributed by atoms with Crippen LogP contribution in [0.4, 0.5) is 0 Å². The molecule has 2 aliphatic rings. The lowest BCUT2D eigenvalue weighted by atomic mass is 10.1. The standard InChI is InChI=1S/C15H22N4O2/c1-2-21-15-12-10-18(7-5-13(12)16-11-17-15)8-9-19-6-3-4-14(19)20/h11H,2-10H2,1H3. The minimum Gasteiger partial charge on any atom is -0.478 e. The highest BCUT2D eigenvalue weighted by atomic mass is 16.5. The summed E-state index contributed by atoms with van der Waals surface area (Å²) in [6, 6.07) is 0. The summed E-state index contributed by atoms with van der Waals surface area (Å²) >= 11 is 0. The molecule has 0 N–H and O–H groups in total. The Balaban J connectivity index is 1.62. The highest BCUT2D eigenvalue weighted by molar-refractivity contribution is 5.78. The van der Waals surface area contributed by atoms with Gasteiger partial charge in [-0.25, -0.2) is 9.97 Å². The van der Waals surface area contributed by atoms with E-state index < -0.39 is 0 Å². The number of carbonyl (C=O) groups is 1. The summed E-state index contributed by atoms with van der Waals surface area (Å²) < 4.78 is 5.61. The number of ether oxygens (including phenoxy) is 1. The molecule has 1 saturated heterocycles. The fourth-order valence-corrected chi connectivity index (χ4v) is 3.03. The van der Waals surface area contributed by atoms with Crippen molar-refractivity contribution in [1.29, 1.82) is 0 Å². The summed E-state index contributed by atoms with van der Waals surface area (Å²) in [5.74, 6) is 1.01. The fourth-order valence-electron chi connectivity index (χ4n) is 3.03. The van der Waals surface area contributed by atoms with Gasteiger partial charge in [-0.1, -0.05) is 0 Å². The first-order chi connectivity index (χ1) is 10.3. The molecule has 2 aliphatic heterocycles. The van der Waals surface area contributed by atoms with Crippen molar-refractivity contribution in [2.45, 2.75) is 32.7 Å². The van der Waals surface area contributed by atoms with Gasteiger partial charge in [0.15, 0.2) is 0 Å². The van der Waals surface area contributed by atoms with E-state index in [4.69, 9.17) is 4.74 Å². The lowest BCUT2D eigenvalue weighted by Gasteiger charge is -2.30. The number of rotatable bonds is 5. The molecule has 1 aromatic heterocycles. The predicted octanol–water partition coefficient (Wildman–Crippen LogP) is 0.856. The zero-order valence-electron chi connectivity index (χ0n) is 12.5. The third kappa shape index (κ3) is 3.15. The second kappa shape index (κ2) is 6.39. The maximum atomic E-state index is 11.7.